The highest BCUT2D eigenvalue weighted by atomic mass is 32.2. The Hall–Kier alpha value is -0.270. The average Bonchev–Trinajstić information content (AvgIpc) is 2.62. The highest BCUT2D eigenvalue weighted by Crippen LogP contribution is 2.35. The lowest BCUT2D eigenvalue weighted by atomic mass is 10.3. The molecule has 1 rings (SSSR count). The van der Waals surface area contributed by atoms with Gasteiger partial charge in [0.05, 0.1) is 10.6 Å². The van der Waals surface area contributed by atoms with Crippen LogP contribution in [-0.4, -0.2) is 46.2 Å². The maximum atomic E-state index is 12.2. The van der Waals surface area contributed by atoms with Crippen molar-refractivity contribution in [3.8, 4) is 0 Å². The zero-order valence-electron chi connectivity index (χ0n) is 10.3. The van der Waals surface area contributed by atoms with E-state index in [1.807, 2.05) is 6.92 Å². The Morgan fingerprint density at radius 2 is 2.12 bits per heavy atom. The molecule has 1 aliphatic rings. The van der Waals surface area contributed by atoms with Gasteiger partial charge in [0.1, 0.15) is 6.04 Å². The zero-order chi connectivity index (χ0) is 13.2. The van der Waals surface area contributed by atoms with E-state index in [1.54, 1.807) is 13.8 Å². The molecule has 7 heteroatoms. The first-order chi connectivity index (χ1) is 7.82. The van der Waals surface area contributed by atoms with Crippen LogP contribution in [0.3, 0.4) is 0 Å². The Labute approximate surface area is 107 Å². The lowest BCUT2D eigenvalue weighted by Crippen LogP contribution is -2.48. The SMILES string of the molecule is CCCC1SCC(C(=O)O)N1S(=O)(=O)C(C)C. The lowest BCUT2D eigenvalue weighted by molar-refractivity contribution is -0.140. The van der Waals surface area contributed by atoms with Crippen LogP contribution >= 0.6 is 11.8 Å². The number of rotatable bonds is 5. The van der Waals surface area contributed by atoms with Crippen LogP contribution in [0, 0.1) is 0 Å². The molecule has 1 aliphatic heterocycles. The van der Waals surface area contributed by atoms with Gasteiger partial charge in [0.2, 0.25) is 10.0 Å². The molecule has 17 heavy (non-hydrogen) atoms. The number of carboxylic acid groups (broad SMARTS) is 1. The van der Waals surface area contributed by atoms with Gasteiger partial charge in [-0.05, 0) is 20.3 Å². The van der Waals surface area contributed by atoms with Crippen LogP contribution < -0.4 is 0 Å². The van der Waals surface area contributed by atoms with Gasteiger partial charge in [-0.25, -0.2) is 8.42 Å². The van der Waals surface area contributed by atoms with Crippen LogP contribution in [0.25, 0.3) is 0 Å². The van der Waals surface area contributed by atoms with E-state index in [0.717, 1.165) is 6.42 Å². The molecule has 1 heterocycles. The van der Waals surface area contributed by atoms with Crippen molar-refractivity contribution in [2.24, 2.45) is 0 Å². The molecule has 0 radical (unpaired) electrons. The van der Waals surface area contributed by atoms with Crippen molar-refractivity contribution in [1.29, 1.82) is 0 Å². The van der Waals surface area contributed by atoms with Gasteiger partial charge in [0, 0.05) is 5.75 Å². The molecule has 5 nitrogen and oxygen atoms in total. The highest BCUT2D eigenvalue weighted by molar-refractivity contribution is 8.01. The van der Waals surface area contributed by atoms with E-state index in [9.17, 15) is 13.2 Å². The van der Waals surface area contributed by atoms with E-state index in [2.05, 4.69) is 0 Å². The first-order valence-electron chi connectivity index (χ1n) is 5.69. The molecule has 1 N–H and O–H groups in total. The van der Waals surface area contributed by atoms with Crippen LogP contribution in [0.15, 0.2) is 0 Å². The summed E-state index contributed by atoms with van der Waals surface area (Å²) < 4.78 is 25.6. The van der Waals surface area contributed by atoms with Crippen LogP contribution in [0.5, 0.6) is 0 Å². The van der Waals surface area contributed by atoms with Crippen LogP contribution in [0.2, 0.25) is 0 Å². The number of carbonyl (C=O) groups is 1. The Balaban J connectivity index is 3.05. The van der Waals surface area contributed by atoms with Crippen molar-refractivity contribution in [3.63, 3.8) is 0 Å². The van der Waals surface area contributed by atoms with Gasteiger partial charge >= 0.3 is 5.97 Å². The van der Waals surface area contributed by atoms with Gasteiger partial charge in [0.25, 0.3) is 0 Å². The third kappa shape index (κ3) is 2.95. The monoisotopic (exact) mass is 281 g/mol. The summed E-state index contributed by atoms with van der Waals surface area (Å²) >= 11 is 1.42. The van der Waals surface area contributed by atoms with E-state index in [4.69, 9.17) is 5.11 Å². The number of hydrogen-bond donors (Lipinski definition) is 1. The second-order valence-corrected chi connectivity index (χ2v) is 7.96. The van der Waals surface area contributed by atoms with Gasteiger partial charge in [-0.1, -0.05) is 13.3 Å². The van der Waals surface area contributed by atoms with Crippen molar-refractivity contribution in [3.05, 3.63) is 0 Å². The Kier molecular flexibility index (Phi) is 4.86. The van der Waals surface area contributed by atoms with E-state index < -0.39 is 27.3 Å². The van der Waals surface area contributed by atoms with Crippen LogP contribution in [-0.2, 0) is 14.8 Å². The molecule has 0 aromatic rings. The zero-order valence-corrected chi connectivity index (χ0v) is 11.9. The van der Waals surface area contributed by atoms with Crippen molar-refractivity contribution in [2.75, 3.05) is 5.75 Å². The number of thioether (sulfide) groups is 1. The molecular formula is C10H19NO4S2. The number of hydrogen-bond acceptors (Lipinski definition) is 4. The van der Waals surface area contributed by atoms with Crippen LogP contribution in [0.1, 0.15) is 33.6 Å². The van der Waals surface area contributed by atoms with Gasteiger partial charge in [-0.2, -0.15) is 4.31 Å². The summed E-state index contributed by atoms with van der Waals surface area (Å²) in [5.41, 5.74) is 0. The molecule has 0 bridgehead atoms. The minimum absolute atomic E-state index is 0.228. The topological polar surface area (TPSA) is 74.7 Å². The smallest absolute Gasteiger partial charge is 0.322 e. The molecule has 2 atom stereocenters. The first kappa shape index (κ1) is 14.8. The molecule has 0 aliphatic carbocycles. The summed E-state index contributed by atoms with van der Waals surface area (Å²) in [6.45, 7) is 5.13. The average molecular weight is 281 g/mol. The van der Waals surface area contributed by atoms with Crippen LogP contribution in [0.4, 0.5) is 0 Å². The Morgan fingerprint density at radius 3 is 2.53 bits per heavy atom. The van der Waals surface area contributed by atoms with Crippen molar-refractivity contribution < 1.29 is 18.3 Å². The third-order valence-electron chi connectivity index (χ3n) is 2.75. The largest absolute Gasteiger partial charge is 0.480 e. The molecular weight excluding hydrogens is 262 g/mol. The van der Waals surface area contributed by atoms with E-state index >= 15 is 0 Å². The molecule has 0 amide bonds. The number of aliphatic carboxylic acids is 1. The number of nitrogens with zero attached hydrogens (tertiary/aromatic N) is 1. The maximum Gasteiger partial charge on any atom is 0.322 e. The molecule has 0 spiro atoms. The summed E-state index contributed by atoms with van der Waals surface area (Å²) in [5.74, 6) is -0.716. The van der Waals surface area contributed by atoms with E-state index in [1.165, 1.54) is 16.1 Å². The summed E-state index contributed by atoms with van der Waals surface area (Å²) in [6.07, 6.45) is 1.54. The van der Waals surface area contributed by atoms with Crippen molar-refractivity contribution >= 4 is 27.8 Å². The third-order valence-corrected chi connectivity index (χ3v) is 6.53. The predicted molar refractivity (Wildman–Crippen MR) is 68.5 cm³/mol. The minimum Gasteiger partial charge on any atom is -0.480 e. The highest BCUT2D eigenvalue weighted by Gasteiger charge is 2.46. The second-order valence-electron chi connectivity index (χ2n) is 4.35. The van der Waals surface area contributed by atoms with Gasteiger partial charge < -0.3 is 5.11 Å². The summed E-state index contributed by atoms with van der Waals surface area (Å²) in [6, 6.07) is -0.913. The minimum atomic E-state index is -3.51. The summed E-state index contributed by atoms with van der Waals surface area (Å²) in [5, 5.41) is 8.29. The molecule has 1 saturated heterocycles. The van der Waals surface area contributed by atoms with Crippen molar-refractivity contribution in [1.82, 2.24) is 4.31 Å². The molecule has 2 unspecified atom stereocenters. The fourth-order valence-corrected chi connectivity index (χ4v) is 5.25. The Bertz CT molecular complexity index is 380. The normalized spacial score (nSPS) is 26.6. The standard InChI is InChI=1S/C10H19NO4S2/c1-4-5-9-11(17(14,15)7(2)3)8(6-16-9)10(12)13/h7-9H,4-6H2,1-3H3,(H,12,13). The molecule has 0 aromatic heterocycles. The van der Waals surface area contributed by atoms with E-state index in [-0.39, 0.29) is 5.37 Å². The molecule has 0 saturated carbocycles. The predicted octanol–water partition coefficient (Wildman–Crippen LogP) is 1.35. The second kappa shape index (κ2) is 5.58. The molecule has 1 fully saturated rings. The van der Waals surface area contributed by atoms with E-state index in [0.29, 0.717) is 12.2 Å². The fourth-order valence-electron chi connectivity index (χ4n) is 1.77. The maximum absolute atomic E-state index is 12.2. The summed E-state index contributed by atoms with van der Waals surface area (Å²) in [7, 11) is -3.51. The first-order valence-corrected chi connectivity index (χ1v) is 8.24. The number of sulfonamides is 1. The summed E-state index contributed by atoms with van der Waals surface area (Å²) in [4.78, 5) is 11.1. The Morgan fingerprint density at radius 1 is 1.53 bits per heavy atom. The number of carboxylic acids is 1. The quantitative estimate of drug-likeness (QED) is 0.823. The lowest BCUT2D eigenvalue weighted by Gasteiger charge is -2.28. The van der Waals surface area contributed by atoms with Gasteiger partial charge in [-0.3, -0.25) is 4.79 Å². The van der Waals surface area contributed by atoms with Crippen molar-refractivity contribution in [2.45, 2.75) is 50.3 Å². The molecule has 100 valence electrons. The fraction of sp³-hybridized carbons (Fsp3) is 0.900. The van der Waals surface area contributed by atoms with Gasteiger partial charge in [0.15, 0.2) is 0 Å². The molecule has 0 aromatic carbocycles. The van der Waals surface area contributed by atoms with Gasteiger partial charge in [-0.15, -0.1) is 11.8 Å².